The van der Waals surface area contributed by atoms with E-state index in [4.69, 9.17) is 4.74 Å². The number of carbonyl (C=O) groups is 1. The van der Waals surface area contributed by atoms with Gasteiger partial charge in [0, 0.05) is 12.1 Å². The van der Waals surface area contributed by atoms with Crippen molar-refractivity contribution < 1.29 is 18.8 Å². The average Bonchev–Trinajstić information content (AvgIpc) is 2.41. The highest BCUT2D eigenvalue weighted by Gasteiger charge is 2.27. The molecule has 0 aromatic heterocycles. The smallest absolute Gasteiger partial charge is 0.341 e. The van der Waals surface area contributed by atoms with Crippen molar-refractivity contribution in [2.24, 2.45) is 5.92 Å². The minimum absolute atomic E-state index is 0.231. The average molecular weight is 281 g/mol. The maximum atomic E-state index is 13.6. The Hall–Kier alpha value is -1.98. The first-order valence-electron chi connectivity index (χ1n) is 6.64. The summed E-state index contributed by atoms with van der Waals surface area (Å²) < 4.78 is 18.9. The van der Waals surface area contributed by atoms with Crippen LogP contribution in [0.25, 0.3) is 0 Å². The van der Waals surface area contributed by atoms with Crippen molar-refractivity contribution in [3.05, 3.63) is 39.7 Å². The Morgan fingerprint density at radius 2 is 2.10 bits per heavy atom. The molecule has 1 saturated carbocycles. The van der Waals surface area contributed by atoms with E-state index in [1.54, 1.807) is 0 Å². The van der Waals surface area contributed by atoms with Crippen molar-refractivity contribution in [1.82, 2.24) is 0 Å². The molecule has 1 aliphatic carbocycles. The molecule has 0 radical (unpaired) electrons. The molecule has 0 spiro atoms. The monoisotopic (exact) mass is 281 g/mol. The van der Waals surface area contributed by atoms with E-state index < -0.39 is 16.7 Å². The molecule has 0 heterocycles. The van der Waals surface area contributed by atoms with Crippen molar-refractivity contribution in [2.45, 2.75) is 38.7 Å². The van der Waals surface area contributed by atoms with Gasteiger partial charge in [0.05, 0.1) is 4.92 Å². The number of nitro benzene ring substituents is 1. The molecule has 108 valence electrons. The van der Waals surface area contributed by atoms with E-state index in [1.807, 2.05) is 6.92 Å². The summed E-state index contributed by atoms with van der Waals surface area (Å²) in [5.74, 6) is -1.40. The third-order valence-electron chi connectivity index (χ3n) is 3.67. The van der Waals surface area contributed by atoms with Gasteiger partial charge in [-0.15, -0.1) is 0 Å². The van der Waals surface area contributed by atoms with Crippen LogP contribution in [0, 0.1) is 21.8 Å². The third-order valence-corrected chi connectivity index (χ3v) is 3.67. The van der Waals surface area contributed by atoms with E-state index >= 15 is 0 Å². The van der Waals surface area contributed by atoms with Gasteiger partial charge in [-0.2, -0.15) is 0 Å². The maximum absolute atomic E-state index is 13.6. The zero-order chi connectivity index (χ0) is 14.7. The molecule has 0 amide bonds. The summed E-state index contributed by atoms with van der Waals surface area (Å²) in [7, 11) is 0. The molecule has 0 N–H and O–H groups in total. The van der Waals surface area contributed by atoms with Crippen molar-refractivity contribution in [2.75, 3.05) is 0 Å². The number of hydrogen-bond donors (Lipinski definition) is 0. The molecule has 1 aromatic rings. The number of ether oxygens (including phenoxy) is 1. The second kappa shape index (κ2) is 5.98. The Morgan fingerprint density at radius 3 is 2.75 bits per heavy atom. The number of benzene rings is 1. The molecule has 20 heavy (non-hydrogen) atoms. The number of nitrogens with zero attached hydrogens (tertiary/aromatic N) is 1. The number of hydrogen-bond acceptors (Lipinski definition) is 4. The quantitative estimate of drug-likeness (QED) is 0.483. The number of rotatable bonds is 3. The summed E-state index contributed by atoms with van der Waals surface area (Å²) >= 11 is 0. The molecule has 2 unspecified atom stereocenters. The Labute approximate surface area is 115 Å². The van der Waals surface area contributed by atoms with Crippen molar-refractivity contribution >= 4 is 11.7 Å². The lowest BCUT2D eigenvalue weighted by Crippen LogP contribution is -2.28. The zero-order valence-electron chi connectivity index (χ0n) is 11.2. The van der Waals surface area contributed by atoms with Gasteiger partial charge in [-0.05, 0) is 31.2 Å². The van der Waals surface area contributed by atoms with Gasteiger partial charge in [0.25, 0.3) is 5.69 Å². The Bertz CT molecular complexity index is 532. The Kier molecular flexibility index (Phi) is 4.32. The summed E-state index contributed by atoms with van der Waals surface area (Å²) in [6.07, 6.45) is 3.55. The topological polar surface area (TPSA) is 69.4 Å². The fourth-order valence-corrected chi connectivity index (χ4v) is 2.44. The lowest BCUT2D eigenvalue weighted by Gasteiger charge is -2.28. The number of nitro groups is 1. The summed E-state index contributed by atoms with van der Waals surface area (Å²) in [5.41, 5.74) is -0.702. The van der Waals surface area contributed by atoms with Crippen molar-refractivity contribution in [1.29, 1.82) is 0 Å². The number of halogens is 1. The number of esters is 1. The predicted octanol–water partition coefficient (Wildman–Crippen LogP) is 3.47. The van der Waals surface area contributed by atoms with Crippen molar-refractivity contribution in [3.8, 4) is 0 Å². The van der Waals surface area contributed by atoms with Gasteiger partial charge < -0.3 is 4.74 Å². The fraction of sp³-hybridized carbons (Fsp3) is 0.500. The summed E-state index contributed by atoms with van der Waals surface area (Å²) in [6, 6.07) is 2.86. The minimum Gasteiger partial charge on any atom is -0.458 e. The molecule has 1 aliphatic rings. The standard InChI is InChI=1S/C14H16FNO4/c1-9-4-2-3-5-13(9)20-14(17)11-8-10(16(18)19)6-7-12(11)15/h6-9,13H,2-5H2,1H3. The van der Waals surface area contributed by atoms with E-state index in [2.05, 4.69) is 0 Å². The van der Waals surface area contributed by atoms with Crippen LogP contribution < -0.4 is 0 Å². The van der Waals surface area contributed by atoms with Crippen LogP contribution in [0.4, 0.5) is 10.1 Å². The molecule has 5 nitrogen and oxygen atoms in total. The normalized spacial score (nSPS) is 22.3. The van der Waals surface area contributed by atoms with Gasteiger partial charge in [0.1, 0.15) is 17.5 Å². The molecular weight excluding hydrogens is 265 g/mol. The van der Waals surface area contributed by atoms with Crippen LogP contribution in [0.2, 0.25) is 0 Å². The van der Waals surface area contributed by atoms with Crippen LogP contribution >= 0.6 is 0 Å². The largest absolute Gasteiger partial charge is 0.458 e. The van der Waals surface area contributed by atoms with Crippen LogP contribution in [0.5, 0.6) is 0 Å². The Morgan fingerprint density at radius 1 is 1.40 bits per heavy atom. The molecular formula is C14H16FNO4. The first-order chi connectivity index (χ1) is 9.49. The minimum atomic E-state index is -0.829. The SMILES string of the molecule is CC1CCCCC1OC(=O)c1cc([N+](=O)[O-])ccc1F. The van der Waals surface area contributed by atoms with E-state index in [-0.39, 0.29) is 23.3 Å². The van der Waals surface area contributed by atoms with Gasteiger partial charge in [0.15, 0.2) is 0 Å². The van der Waals surface area contributed by atoms with Crippen LogP contribution in [0.3, 0.4) is 0 Å². The maximum Gasteiger partial charge on any atom is 0.341 e. The van der Waals surface area contributed by atoms with Crippen LogP contribution in [-0.4, -0.2) is 17.0 Å². The lowest BCUT2D eigenvalue weighted by molar-refractivity contribution is -0.384. The molecule has 6 heteroatoms. The molecule has 0 aliphatic heterocycles. The Balaban J connectivity index is 2.16. The highest BCUT2D eigenvalue weighted by atomic mass is 19.1. The van der Waals surface area contributed by atoms with Crippen molar-refractivity contribution in [3.63, 3.8) is 0 Å². The highest BCUT2D eigenvalue weighted by Crippen LogP contribution is 2.27. The van der Waals surface area contributed by atoms with Crippen LogP contribution in [-0.2, 0) is 4.74 Å². The van der Waals surface area contributed by atoms with E-state index in [0.717, 1.165) is 43.9 Å². The molecule has 1 aromatic carbocycles. The first kappa shape index (κ1) is 14.4. The van der Waals surface area contributed by atoms with Gasteiger partial charge in [0.2, 0.25) is 0 Å². The second-order valence-electron chi connectivity index (χ2n) is 5.13. The van der Waals surface area contributed by atoms with E-state index in [1.165, 1.54) is 0 Å². The molecule has 2 rings (SSSR count). The van der Waals surface area contributed by atoms with Crippen LogP contribution in [0.15, 0.2) is 18.2 Å². The van der Waals surface area contributed by atoms with Gasteiger partial charge in [-0.1, -0.05) is 13.3 Å². The summed E-state index contributed by atoms with van der Waals surface area (Å²) in [5, 5.41) is 10.7. The predicted molar refractivity (Wildman–Crippen MR) is 69.9 cm³/mol. The fourth-order valence-electron chi connectivity index (χ4n) is 2.44. The highest BCUT2D eigenvalue weighted by molar-refractivity contribution is 5.90. The number of non-ortho nitro benzene ring substituents is 1. The van der Waals surface area contributed by atoms with Gasteiger partial charge >= 0.3 is 5.97 Å². The zero-order valence-corrected chi connectivity index (χ0v) is 11.2. The number of carbonyl (C=O) groups excluding carboxylic acids is 1. The second-order valence-corrected chi connectivity index (χ2v) is 5.13. The molecule has 2 atom stereocenters. The van der Waals surface area contributed by atoms with E-state index in [0.29, 0.717) is 0 Å². The van der Waals surface area contributed by atoms with E-state index in [9.17, 15) is 19.3 Å². The summed E-state index contributed by atoms with van der Waals surface area (Å²) in [4.78, 5) is 22.0. The molecule has 0 saturated heterocycles. The van der Waals surface area contributed by atoms with Gasteiger partial charge in [-0.3, -0.25) is 10.1 Å². The summed E-state index contributed by atoms with van der Waals surface area (Å²) in [6.45, 7) is 1.99. The van der Waals surface area contributed by atoms with Crippen LogP contribution in [0.1, 0.15) is 43.0 Å². The van der Waals surface area contributed by atoms with Gasteiger partial charge in [-0.25, -0.2) is 9.18 Å². The first-order valence-corrected chi connectivity index (χ1v) is 6.64. The molecule has 0 bridgehead atoms. The third kappa shape index (κ3) is 3.12. The lowest BCUT2D eigenvalue weighted by atomic mass is 9.88. The molecule has 1 fully saturated rings.